The number of rotatable bonds is 5. The molecule has 6 heteroatoms. The van der Waals surface area contributed by atoms with E-state index in [1.807, 2.05) is 53.9 Å². The van der Waals surface area contributed by atoms with Crippen LogP contribution in [0.2, 0.25) is 0 Å². The van der Waals surface area contributed by atoms with Crippen LogP contribution in [0.1, 0.15) is 16.7 Å². The minimum Gasteiger partial charge on any atom is -0.297 e. The van der Waals surface area contributed by atoms with Gasteiger partial charge in [-0.05, 0) is 24.6 Å². The molecule has 0 bridgehead atoms. The van der Waals surface area contributed by atoms with Crippen LogP contribution in [0.4, 0.5) is 5.13 Å². The fourth-order valence-corrected chi connectivity index (χ4v) is 3.80. The highest BCUT2D eigenvalue weighted by molar-refractivity contribution is 7.14. The Labute approximate surface area is 154 Å². The Morgan fingerprint density at radius 1 is 1.28 bits per heavy atom. The van der Waals surface area contributed by atoms with Gasteiger partial charge in [0.25, 0.3) is 5.91 Å². The maximum atomic E-state index is 12.3. The molecule has 0 fully saturated rings. The summed E-state index contributed by atoms with van der Waals surface area (Å²) >= 11 is 2.92. The summed E-state index contributed by atoms with van der Waals surface area (Å²) in [4.78, 5) is 18.9. The van der Waals surface area contributed by atoms with Crippen LogP contribution in [0, 0.1) is 11.3 Å². The van der Waals surface area contributed by atoms with Crippen LogP contribution < -0.4 is 5.32 Å². The van der Waals surface area contributed by atoms with Crippen molar-refractivity contribution in [1.29, 1.82) is 5.26 Å². The number of hydrogen-bond acceptors (Lipinski definition) is 5. The molecule has 4 nitrogen and oxygen atoms in total. The molecule has 3 rings (SSSR count). The number of anilines is 1. The van der Waals surface area contributed by atoms with Crippen molar-refractivity contribution in [1.82, 2.24) is 4.98 Å². The Balaban J connectivity index is 1.74. The largest absolute Gasteiger partial charge is 0.297 e. The summed E-state index contributed by atoms with van der Waals surface area (Å²) in [7, 11) is 0. The molecule has 0 saturated heterocycles. The highest BCUT2D eigenvalue weighted by atomic mass is 32.1. The quantitative estimate of drug-likeness (QED) is 0.512. The van der Waals surface area contributed by atoms with Crippen molar-refractivity contribution in [2.24, 2.45) is 0 Å². The normalized spacial score (nSPS) is 11.1. The number of carbonyl (C=O) groups is 1. The summed E-state index contributed by atoms with van der Waals surface area (Å²) in [6.45, 7) is 2.07. The molecule has 3 aromatic rings. The number of thiazole rings is 1. The third-order valence-corrected chi connectivity index (χ3v) is 5.41. The second kappa shape index (κ2) is 7.88. The molecule has 1 N–H and O–H groups in total. The van der Waals surface area contributed by atoms with Crippen molar-refractivity contribution in [2.75, 3.05) is 5.32 Å². The van der Waals surface area contributed by atoms with E-state index in [4.69, 9.17) is 0 Å². The van der Waals surface area contributed by atoms with Gasteiger partial charge in [0.05, 0.1) is 5.69 Å². The van der Waals surface area contributed by atoms with E-state index < -0.39 is 5.91 Å². The molecule has 1 amide bonds. The summed E-state index contributed by atoms with van der Waals surface area (Å²) in [6, 6.07) is 15.6. The van der Waals surface area contributed by atoms with Crippen molar-refractivity contribution in [3.63, 3.8) is 0 Å². The number of nitrogens with one attached hydrogen (secondary N) is 1. The summed E-state index contributed by atoms with van der Waals surface area (Å²) in [5, 5.41) is 14.4. The molecule has 25 heavy (non-hydrogen) atoms. The zero-order chi connectivity index (χ0) is 17.6. The zero-order valence-corrected chi connectivity index (χ0v) is 15.2. The SMILES string of the molecule is CCc1ccc(/C=C(\C#N)C(=O)Nc2nc(-c3ccccc3)cs2)s1. The van der Waals surface area contributed by atoms with Gasteiger partial charge >= 0.3 is 0 Å². The highest BCUT2D eigenvalue weighted by Gasteiger charge is 2.13. The summed E-state index contributed by atoms with van der Waals surface area (Å²) in [6.07, 6.45) is 2.55. The van der Waals surface area contributed by atoms with Gasteiger partial charge in [-0.2, -0.15) is 5.26 Å². The number of amides is 1. The molecular weight excluding hydrogens is 350 g/mol. The van der Waals surface area contributed by atoms with Crippen LogP contribution in [0.5, 0.6) is 0 Å². The fraction of sp³-hybridized carbons (Fsp3) is 0.105. The number of aromatic nitrogens is 1. The number of benzene rings is 1. The van der Waals surface area contributed by atoms with Gasteiger partial charge in [-0.25, -0.2) is 4.98 Å². The fourth-order valence-electron chi connectivity index (χ4n) is 2.19. The molecule has 124 valence electrons. The van der Waals surface area contributed by atoms with Crippen molar-refractivity contribution in [3.8, 4) is 17.3 Å². The molecule has 0 aliphatic heterocycles. The van der Waals surface area contributed by atoms with Crippen LogP contribution in [0.15, 0.2) is 53.4 Å². The van der Waals surface area contributed by atoms with E-state index in [2.05, 4.69) is 17.2 Å². The molecule has 0 spiro atoms. The molecular formula is C19H15N3OS2. The number of nitriles is 1. The van der Waals surface area contributed by atoms with Crippen LogP contribution in [-0.4, -0.2) is 10.9 Å². The Kier molecular flexibility index (Phi) is 5.39. The predicted molar refractivity (Wildman–Crippen MR) is 103 cm³/mol. The minimum atomic E-state index is -0.442. The van der Waals surface area contributed by atoms with E-state index >= 15 is 0 Å². The molecule has 0 radical (unpaired) electrons. The van der Waals surface area contributed by atoms with Crippen LogP contribution >= 0.6 is 22.7 Å². The second-order valence-electron chi connectivity index (χ2n) is 5.19. The van der Waals surface area contributed by atoms with Gasteiger partial charge < -0.3 is 0 Å². The third kappa shape index (κ3) is 4.21. The maximum absolute atomic E-state index is 12.3. The van der Waals surface area contributed by atoms with Gasteiger partial charge in [-0.1, -0.05) is 37.3 Å². The van der Waals surface area contributed by atoms with Gasteiger partial charge in [0.15, 0.2) is 5.13 Å². The molecule has 0 saturated carbocycles. The van der Waals surface area contributed by atoms with E-state index in [-0.39, 0.29) is 5.57 Å². The van der Waals surface area contributed by atoms with E-state index in [9.17, 15) is 10.1 Å². The lowest BCUT2D eigenvalue weighted by molar-refractivity contribution is -0.112. The summed E-state index contributed by atoms with van der Waals surface area (Å²) in [5.41, 5.74) is 1.86. The number of hydrogen-bond donors (Lipinski definition) is 1. The lowest BCUT2D eigenvalue weighted by Gasteiger charge is -1.99. The standard InChI is InChI=1S/C19H15N3OS2/c1-2-15-8-9-16(25-15)10-14(11-20)18(23)22-19-21-17(12-24-19)13-6-4-3-5-7-13/h3-10,12H,2H2,1H3,(H,21,22,23)/b14-10+. The monoisotopic (exact) mass is 365 g/mol. The molecule has 0 atom stereocenters. The maximum Gasteiger partial charge on any atom is 0.268 e. The first kappa shape index (κ1) is 17.1. The van der Waals surface area contributed by atoms with Crippen molar-refractivity contribution >= 4 is 39.8 Å². The number of thiophene rings is 1. The lowest BCUT2D eigenvalue weighted by atomic mass is 10.2. The smallest absolute Gasteiger partial charge is 0.268 e. The average molecular weight is 365 g/mol. The van der Waals surface area contributed by atoms with Crippen LogP contribution in [0.3, 0.4) is 0 Å². The molecule has 0 aliphatic carbocycles. The molecule has 2 heterocycles. The highest BCUT2D eigenvalue weighted by Crippen LogP contribution is 2.25. The third-order valence-electron chi connectivity index (χ3n) is 3.48. The van der Waals surface area contributed by atoms with E-state index in [1.54, 1.807) is 17.4 Å². The Morgan fingerprint density at radius 3 is 2.76 bits per heavy atom. The van der Waals surface area contributed by atoms with Crippen molar-refractivity contribution in [3.05, 3.63) is 63.2 Å². The average Bonchev–Trinajstić information content (AvgIpc) is 3.29. The Bertz CT molecular complexity index is 948. The van der Waals surface area contributed by atoms with Gasteiger partial charge in [-0.15, -0.1) is 22.7 Å². The number of nitrogens with zero attached hydrogens (tertiary/aromatic N) is 2. The summed E-state index contributed by atoms with van der Waals surface area (Å²) < 4.78 is 0. The van der Waals surface area contributed by atoms with Gasteiger partial charge in [0.1, 0.15) is 11.6 Å². The van der Waals surface area contributed by atoms with E-state index in [0.717, 1.165) is 22.6 Å². The van der Waals surface area contributed by atoms with Crippen molar-refractivity contribution in [2.45, 2.75) is 13.3 Å². The Morgan fingerprint density at radius 2 is 2.08 bits per heavy atom. The Hall–Kier alpha value is -2.75. The molecule has 2 aromatic heterocycles. The van der Waals surface area contributed by atoms with Gasteiger partial charge in [0, 0.05) is 20.7 Å². The first-order chi connectivity index (χ1) is 12.2. The number of aryl methyl sites for hydroxylation is 1. The van der Waals surface area contributed by atoms with E-state index in [0.29, 0.717) is 5.13 Å². The predicted octanol–water partition coefficient (Wildman–Crippen LogP) is 4.98. The second-order valence-corrected chi connectivity index (χ2v) is 7.24. The topological polar surface area (TPSA) is 65.8 Å². The van der Waals surface area contributed by atoms with Gasteiger partial charge in [0.2, 0.25) is 0 Å². The molecule has 0 unspecified atom stereocenters. The van der Waals surface area contributed by atoms with Crippen LogP contribution in [-0.2, 0) is 11.2 Å². The minimum absolute atomic E-state index is 0.0703. The molecule has 1 aromatic carbocycles. The first-order valence-corrected chi connectivity index (χ1v) is 9.42. The van der Waals surface area contributed by atoms with E-state index in [1.165, 1.54) is 16.2 Å². The lowest BCUT2D eigenvalue weighted by Crippen LogP contribution is -2.13. The zero-order valence-electron chi connectivity index (χ0n) is 13.5. The molecule has 0 aliphatic rings. The first-order valence-electron chi connectivity index (χ1n) is 7.72. The number of carbonyl (C=O) groups excluding carboxylic acids is 1. The van der Waals surface area contributed by atoms with Gasteiger partial charge in [-0.3, -0.25) is 10.1 Å². The van der Waals surface area contributed by atoms with Crippen LogP contribution in [0.25, 0.3) is 17.3 Å². The summed E-state index contributed by atoms with van der Waals surface area (Å²) in [5.74, 6) is -0.442. The van der Waals surface area contributed by atoms with Crippen molar-refractivity contribution < 1.29 is 4.79 Å².